The summed E-state index contributed by atoms with van der Waals surface area (Å²) in [6.45, 7) is 2.24. The lowest BCUT2D eigenvalue weighted by Crippen LogP contribution is -2.39. The van der Waals surface area contributed by atoms with Crippen molar-refractivity contribution in [1.82, 2.24) is 10.3 Å². The summed E-state index contributed by atoms with van der Waals surface area (Å²) in [6, 6.07) is 10.9. The molecule has 1 amide bonds. The smallest absolute Gasteiger partial charge is 0.255 e. The lowest BCUT2D eigenvalue weighted by molar-refractivity contribution is 0.0942. The zero-order valence-corrected chi connectivity index (χ0v) is 16.1. The van der Waals surface area contributed by atoms with E-state index in [1.165, 1.54) is 7.11 Å². The SMILES string of the molecule is COc1ccc(C(=O)NCC2CCN(c3ncccc3C#N)CC2)c(OC)c1. The molecule has 1 aliphatic heterocycles. The monoisotopic (exact) mass is 380 g/mol. The molecule has 0 bridgehead atoms. The highest BCUT2D eigenvalue weighted by atomic mass is 16.5. The van der Waals surface area contributed by atoms with Gasteiger partial charge >= 0.3 is 0 Å². The Kier molecular flexibility index (Phi) is 6.33. The number of nitrogens with one attached hydrogen (secondary N) is 1. The van der Waals surface area contributed by atoms with Crippen LogP contribution in [0.5, 0.6) is 11.5 Å². The minimum absolute atomic E-state index is 0.154. The first-order valence-corrected chi connectivity index (χ1v) is 9.26. The van der Waals surface area contributed by atoms with Crippen LogP contribution in [0.4, 0.5) is 5.82 Å². The van der Waals surface area contributed by atoms with Crippen LogP contribution >= 0.6 is 0 Å². The third-order valence-corrected chi connectivity index (χ3v) is 5.03. The Balaban J connectivity index is 1.54. The summed E-state index contributed by atoms with van der Waals surface area (Å²) >= 11 is 0. The highest BCUT2D eigenvalue weighted by Crippen LogP contribution is 2.26. The number of piperidine rings is 1. The first-order valence-electron chi connectivity index (χ1n) is 9.26. The van der Waals surface area contributed by atoms with Crippen molar-refractivity contribution < 1.29 is 14.3 Å². The van der Waals surface area contributed by atoms with E-state index in [1.54, 1.807) is 43.6 Å². The van der Waals surface area contributed by atoms with E-state index in [0.29, 0.717) is 35.1 Å². The number of rotatable bonds is 6. The molecule has 0 unspecified atom stereocenters. The molecular weight excluding hydrogens is 356 g/mol. The van der Waals surface area contributed by atoms with E-state index in [0.717, 1.165) is 31.7 Å². The molecule has 7 heteroatoms. The number of methoxy groups -OCH3 is 2. The molecule has 146 valence electrons. The number of carbonyl (C=O) groups is 1. The van der Waals surface area contributed by atoms with Crippen LogP contribution in [0, 0.1) is 17.2 Å². The first-order chi connectivity index (χ1) is 13.7. The molecule has 1 aliphatic rings. The van der Waals surface area contributed by atoms with Gasteiger partial charge in [0.15, 0.2) is 0 Å². The van der Waals surface area contributed by atoms with E-state index in [2.05, 4.69) is 21.3 Å². The van der Waals surface area contributed by atoms with Crippen molar-refractivity contribution in [3.05, 3.63) is 47.7 Å². The van der Waals surface area contributed by atoms with E-state index < -0.39 is 0 Å². The second-order valence-electron chi connectivity index (χ2n) is 6.69. The second kappa shape index (κ2) is 9.09. The van der Waals surface area contributed by atoms with Crippen molar-refractivity contribution in [3.8, 4) is 17.6 Å². The largest absolute Gasteiger partial charge is 0.497 e. The minimum atomic E-state index is -0.154. The topological polar surface area (TPSA) is 87.5 Å². The van der Waals surface area contributed by atoms with Gasteiger partial charge in [-0.05, 0) is 43.0 Å². The number of amides is 1. The van der Waals surface area contributed by atoms with Crippen LogP contribution in [0.15, 0.2) is 36.5 Å². The molecule has 2 aromatic rings. The Morgan fingerprint density at radius 3 is 2.75 bits per heavy atom. The predicted molar refractivity (Wildman–Crippen MR) is 106 cm³/mol. The fourth-order valence-electron chi connectivity index (χ4n) is 3.40. The summed E-state index contributed by atoms with van der Waals surface area (Å²) in [5, 5.41) is 12.3. The number of hydrogen-bond acceptors (Lipinski definition) is 6. The van der Waals surface area contributed by atoms with Gasteiger partial charge in [0.2, 0.25) is 0 Å². The molecule has 0 atom stereocenters. The van der Waals surface area contributed by atoms with Crippen molar-refractivity contribution in [1.29, 1.82) is 5.26 Å². The van der Waals surface area contributed by atoms with Crippen LogP contribution in [-0.4, -0.2) is 44.7 Å². The molecule has 0 spiro atoms. The molecule has 1 aromatic carbocycles. The number of ether oxygens (including phenoxy) is 2. The van der Waals surface area contributed by atoms with Crippen LogP contribution in [0.3, 0.4) is 0 Å². The van der Waals surface area contributed by atoms with E-state index in [1.807, 2.05) is 0 Å². The second-order valence-corrected chi connectivity index (χ2v) is 6.69. The van der Waals surface area contributed by atoms with Crippen molar-refractivity contribution >= 4 is 11.7 Å². The molecule has 0 aliphatic carbocycles. The Morgan fingerprint density at radius 1 is 1.29 bits per heavy atom. The van der Waals surface area contributed by atoms with Gasteiger partial charge in [-0.25, -0.2) is 4.98 Å². The molecule has 1 aromatic heterocycles. The van der Waals surface area contributed by atoms with Crippen LogP contribution in [-0.2, 0) is 0 Å². The van der Waals surface area contributed by atoms with Gasteiger partial charge in [-0.3, -0.25) is 4.79 Å². The summed E-state index contributed by atoms with van der Waals surface area (Å²) < 4.78 is 10.5. The van der Waals surface area contributed by atoms with Gasteiger partial charge in [-0.2, -0.15) is 5.26 Å². The molecule has 2 heterocycles. The Bertz CT molecular complexity index is 870. The van der Waals surface area contributed by atoms with Crippen LogP contribution < -0.4 is 19.7 Å². The van der Waals surface area contributed by atoms with Crippen molar-refractivity contribution in [2.75, 3.05) is 38.8 Å². The summed E-state index contributed by atoms with van der Waals surface area (Å²) in [5.74, 6) is 2.12. The fraction of sp³-hybridized carbons (Fsp3) is 0.381. The van der Waals surface area contributed by atoms with Gasteiger partial charge in [-0.1, -0.05) is 0 Å². The molecule has 0 saturated carbocycles. The number of pyridine rings is 1. The Hall–Kier alpha value is -3.27. The maximum Gasteiger partial charge on any atom is 0.255 e. The van der Waals surface area contributed by atoms with Gasteiger partial charge in [-0.15, -0.1) is 0 Å². The maximum atomic E-state index is 12.5. The standard InChI is InChI=1S/C21H24N4O3/c1-27-17-5-6-18(19(12-17)28-2)21(26)24-14-15-7-10-25(11-8-15)20-16(13-22)4-3-9-23-20/h3-6,9,12,15H,7-8,10-11,14H2,1-2H3,(H,24,26). The Morgan fingerprint density at radius 2 is 2.07 bits per heavy atom. The number of carbonyl (C=O) groups excluding carboxylic acids is 1. The first kappa shape index (κ1) is 19.5. The van der Waals surface area contributed by atoms with Gasteiger partial charge < -0.3 is 19.7 Å². The number of nitrogens with zero attached hydrogens (tertiary/aromatic N) is 3. The fourth-order valence-corrected chi connectivity index (χ4v) is 3.40. The van der Waals surface area contributed by atoms with Crippen molar-refractivity contribution in [3.63, 3.8) is 0 Å². The maximum absolute atomic E-state index is 12.5. The molecular formula is C21H24N4O3. The average molecular weight is 380 g/mol. The summed E-state index contributed by atoms with van der Waals surface area (Å²) in [7, 11) is 3.11. The van der Waals surface area contributed by atoms with E-state index in [9.17, 15) is 10.1 Å². The van der Waals surface area contributed by atoms with Crippen molar-refractivity contribution in [2.24, 2.45) is 5.92 Å². The lowest BCUT2D eigenvalue weighted by atomic mass is 9.96. The Labute approximate surface area is 164 Å². The molecule has 1 N–H and O–H groups in total. The van der Waals surface area contributed by atoms with Crippen LogP contribution in [0.1, 0.15) is 28.8 Å². The number of nitriles is 1. The van der Waals surface area contributed by atoms with Crippen LogP contribution in [0.25, 0.3) is 0 Å². The molecule has 1 fully saturated rings. The third-order valence-electron chi connectivity index (χ3n) is 5.03. The molecule has 7 nitrogen and oxygen atoms in total. The van der Waals surface area contributed by atoms with E-state index >= 15 is 0 Å². The van der Waals surface area contributed by atoms with Gasteiger partial charge in [0.25, 0.3) is 5.91 Å². The number of benzene rings is 1. The van der Waals surface area contributed by atoms with E-state index in [4.69, 9.17) is 9.47 Å². The number of anilines is 1. The van der Waals surface area contributed by atoms with Crippen molar-refractivity contribution in [2.45, 2.75) is 12.8 Å². The highest BCUT2D eigenvalue weighted by molar-refractivity contribution is 5.97. The van der Waals surface area contributed by atoms with Gasteiger partial charge in [0.1, 0.15) is 23.4 Å². The lowest BCUT2D eigenvalue weighted by Gasteiger charge is -2.33. The summed E-state index contributed by atoms with van der Waals surface area (Å²) in [6.07, 6.45) is 3.58. The normalized spacial score (nSPS) is 14.2. The number of hydrogen-bond donors (Lipinski definition) is 1. The van der Waals surface area contributed by atoms with Gasteiger partial charge in [0, 0.05) is 31.9 Å². The zero-order valence-electron chi connectivity index (χ0n) is 16.1. The molecule has 1 saturated heterocycles. The molecule has 3 rings (SSSR count). The zero-order chi connectivity index (χ0) is 19.9. The summed E-state index contributed by atoms with van der Waals surface area (Å²) in [5.41, 5.74) is 1.09. The van der Waals surface area contributed by atoms with Crippen LogP contribution in [0.2, 0.25) is 0 Å². The van der Waals surface area contributed by atoms with Gasteiger partial charge in [0.05, 0.1) is 25.3 Å². The molecule has 0 radical (unpaired) electrons. The summed E-state index contributed by atoms with van der Waals surface area (Å²) in [4.78, 5) is 19.0. The highest BCUT2D eigenvalue weighted by Gasteiger charge is 2.23. The average Bonchev–Trinajstić information content (AvgIpc) is 2.77. The molecule has 28 heavy (non-hydrogen) atoms. The number of aromatic nitrogens is 1. The third kappa shape index (κ3) is 4.34. The quantitative estimate of drug-likeness (QED) is 0.829. The predicted octanol–water partition coefficient (Wildman–Crippen LogP) is 2.62. The minimum Gasteiger partial charge on any atom is -0.497 e. The van der Waals surface area contributed by atoms with E-state index in [-0.39, 0.29) is 5.91 Å².